The lowest BCUT2D eigenvalue weighted by molar-refractivity contribution is -0.320. The summed E-state index contributed by atoms with van der Waals surface area (Å²) in [6, 6.07) is 2.12. The van der Waals surface area contributed by atoms with Crippen molar-refractivity contribution in [1.29, 1.82) is 0 Å². The van der Waals surface area contributed by atoms with E-state index in [9.17, 15) is 4.32 Å². The smallest absolute Gasteiger partial charge is 0.359 e. The van der Waals surface area contributed by atoms with Crippen molar-refractivity contribution in [2.45, 2.75) is 54.9 Å². The molecule has 1 aliphatic rings. The van der Waals surface area contributed by atoms with Gasteiger partial charge in [0.15, 0.2) is 11.4 Å². The van der Waals surface area contributed by atoms with Crippen LogP contribution >= 0.6 is 0 Å². The first-order valence-electron chi connectivity index (χ1n) is 7.64. The molecule has 0 fully saturated rings. The van der Waals surface area contributed by atoms with Crippen LogP contribution in [0.4, 0.5) is 4.32 Å². The van der Waals surface area contributed by atoms with Gasteiger partial charge < -0.3 is 4.98 Å². The van der Waals surface area contributed by atoms with E-state index in [4.69, 9.17) is 0 Å². The summed E-state index contributed by atoms with van der Waals surface area (Å²) in [6.07, 6.45) is 2.88. The van der Waals surface area contributed by atoms with Crippen LogP contribution in [0.5, 0.6) is 0 Å². The van der Waals surface area contributed by atoms with E-state index in [1.807, 2.05) is 40.7 Å². The van der Waals surface area contributed by atoms with Crippen LogP contribution in [-0.4, -0.2) is 22.9 Å². The summed E-state index contributed by atoms with van der Waals surface area (Å²) in [5, 5.41) is 0. The van der Waals surface area contributed by atoms with Crippen molar-refractivity contribution in [2.24, 2.45) is 0 Å². The number of hydrogen-bond acceptors (Lipinski definition) is 0. The van der Waals surface area contributed by atoms with Crippen LogP contribution < -0.4 is 0 Å². The van der Waals surface area contributed by atoms with Gasteiger partial charge in [0.1, 0.15) is 0 Å². The van der Waals surface area contributed by atoms with E-state index < -0.39 is 0 Å². The van der Waals surface area contributed by atoms with Gasteiger partial charge in [-0.2, -0.15) is 0 Å². The van der Waals surface area contributed by atoms with Crippen molar-refractivity contribution in [1.82, 2.24) is 4.98 Å². The van der Waals surface area contributed by atoms with Crippen molar-refractivity contribution in [3.05, 3.63) is 40.4 Å². The average molecular weight is 288 g/mol. The van der Waals surface area contributed by atoms with Crippen molar-refractivity contribution < 1.29 is 8.80 Å². The fraction of sp³-hybridized carbons (Fsp3) is 0.471. The van der Waals surface area contributed by atoms with E-state index in [0.29, 0.717) is 7.69 Å². The fourth-order valence-corrected chi connectivity index (χ4v) is 2.83. The maximum Gasteiger partial charge on any atom is 0.792 e. The molecule has 0 saturated heterocycles. The van der Waals surface area contributed by atoms with Crippen LogP contribution in [0.2, 0.25) is 0 Å². The molecule has 0 aromatic carbocycles. The Morgan fingerprint density at radius 3 is 2.29 bits per heavy atom. The second-order valence-electron chi connectivity index (χ2n) is 5.13. The quantitative estimate of drug-likeness (QED) is 0.776. The lowest BCUT2D eigenvalue weighted by Gasteiger charge is -2.09. The normalized spacial score (nSPS) is 16.5. The van der Waals surface area contributed by atoms with Gasteiger partial charge in [0.25, 0.3) is 0 Å². The molecule has 1 aromatic heterocycles. The van der Waals surface area contributed by atoms with Crippen LogP contribution in [-0.2, 0) is 0 Å². The van der Waals surface area contributed by atoms with Crippen molar-refractivity contribution >= 4 is 19.0 Å². The van der Waals surface area contributed by atoms with Crippen LogP contribution in [0.25, 0.3) is 5.57 Å². The molecule has 1 N–H and O–H groups in total. The Kier molecular flexibility index (Phi) is 6.19. The maximum atomic E-state index is 13.2. The summed E-state index contributed by atoms with van der Waals surface area (Å²) in [5.41, 5.74) is 7.60. The first-order valence-corrected chi connectivity index (χ1v) is 7.64. The third kappa shape index (κ3) is 3.37. The second-order valence-corrected chi connectivity index (χ2v) is 5.13. The fourth-order valence-electron chi connectivity index (χ4n) is 2.83. The lowest BCUT2D eigenvalue weighted by atomic mass is 9.99. The molecule has 1 radical (unpaired) electrons. The predicted molar refractivity (Wildman–Crippen MR) is 90.4 cm³/mol. The third-order valence-corrected chi connectivity index (χ3v) is 3.61. The van der Waals surface area contributed by atoms with Gasteiger partial charge in [-0.15, -0.1) is 0 Å². The third-order valence-electron chi connectivity index (χ3n) is 3.61. The Morgan fingerprint density at radius 1 is 1.24 bits per heavy atom. The van der Waals surface area contributed by atoms with Gasteiger partial charge >= 0.3 is 7.69 Å². The molecule has 2 nitrogen and oxygen atoms in total. The van der Waals surface area contributed by atoms with Gasteiger partial charge in [0.05, 0.1) is 5.69 Å². The van der Waals surface area contributed by atoms with Gasteiger partial charge in [0.2, 0.25) is 0 Å². The number of aromatic nitrogens is 1. The molecule has 0 atom stereocenters. The second kappa shape index (κ2) is 7.44. The molecule has 0 unspecified atom stereocenters. The van der Waals surface area contributed by atoms with E-state index in [1.54, 1.807) is 4.49 Å². The van der Waals surface area contributed by atoms with E-state index in [-0.39, 0.29) is 0 Å². The minimum Gasteiger partial charge on any atom is -0.359 e. The standard InChI is InChI=1S/C15H20BFN2.C2H6/c1-6-13(14-9(2)7-11(4)18-14)15-10(3)8-12(5)19(15)16-17;1-2/h7-8,18H,6H2,1-5H3;1-2H3/q+1;. The molecular formula is C17H26BFN2+. The zero-order valence-corrected chi connectivity index (χ0v) is 14.3. The summed E-state index contributed by atoms with van der Waals surface area (Å²) < 4.78 is 14.8. The minimum atomic E-state index is 0.651. The summed E-state index contributed by atoms with van der Waals surface area (Å²) in [6.45, 7) is 14.2. The molecule has 1 aromatic rings. The Morgan fingerprint density at radius 2 is 1.86 bits per heavy atom. The van der Waals surface area contributed by atoms with E-state index in [2.05, 4.69) is 24.9 Å². The molecule has 2 heterocycles. The molecule has 113 valence electrons. The number of aromatic amines is 1. The molecule has 0 aliphatic carbocycles. The number of hydrogen-bond donors (Lipinski definition) is 1. The van der Waals surface area contributed by atoms with Gasteiger partial charge in [0, 0.05) is 29.8 Å². The monoisotopic (exact) mass is 288 g/mol. The van der Waals surface area contributed by atoms with Crippen LogP contribution in [0, 0.1) is 13.8 Å². The van der Waals surface area contributed by atoms with Crippen molar-refractivity contribution in [3.63, 3.8) is 0 Å². The SMILES string of the molecule is CC.CC/C(=C1\C(C)=CC(C)=[N+]1[B]F)c1[nH]c(C)cc1C. The molecule has 4 heteroatoms. The molecule has 2 rings (SSSR count). The number of aryl methyl sites for hydroxylation is 2. The highest BCUT2D eigenvalue weighted by Gasteiger charge is 2.31. The summed E-state index contributed by atoms with van der Waals surface area (Å²) in [7, 11) is 0.651. The number of rotatable bonds is 3. The van der Waals surface area contributed by atoms with Gasteiger partial charge in [-0.3, -0.25) is 0 Å². The van der Waals surface area contributed by atoms with E-state index in [0.717, 1.165) is 40.4 Å². The van der Waals surface area contributed by atoms with Gasteiger partial charge in [-0.25, -0.2) is 8.80 Å². The molecule has 0 saturated carbocycles. The van der Waals surface area contributed by atoms with Crippen molar-refractivity contribution in [2.75, 3.05) is 0 Å². The van der Waals surface area contributed by atoms with E-state index in [1.165, 1.54) is 5.56 Å². The predicted octanol–water partition coefficient (Wildman–Crippen LogP) is 4.72. The topological polar surface area (TPSA) is 18.8 Å². The molecule has 0 bridgehead atoms. The Hall–Kier alpha value is -1.58. The minimum absolute atomic E-state index is 0.651. The first kappa shape index (κ1) is 17.5. The summed E-state index contributed by atoms with van der Waals surface area (Å²) in [4.78, 5) is 3.39. The number of allylic oxidation sites excluding steroid dienone is 3. The summed E-state index contributed by atoms with van der Waals surface area (Å²) >= 11 is 0. The molecular weight excluding hydrogens is 262 g/mol. The van der Waals surface area contributed by atoms with Crippen molar-refractivity contribution in [3.8, 4) is 0 Å². The summed E-state index contributed by atoms with van der Waals surface area (Å²) in [5.74, 6) is 0. The largest absolute Gasteiger partial charge is 0.792 e. The van der Waals surface area contributed by atoms with Gasteiger partial charge in [-0.05, 0) is 38.8 Å². The zero-order chi connectivity index (χ0) is 16.2. The van der Waals surface area contributed by atoms with Gasteiger partial charge in [-0.1, -0.05) is 20.8 Å². The van der Waals surface area contributed by atoms with Crippen LogP contribution in [0.15, 0.2) is 23.4 Å². The van der Waals surface area contributed by atoms with Crippen LogP contribution in [0.1, 0.15) is 58.0 Å². The Bertz CT molecular complexity index is 606. The highest BCUT2D eigenvalue weighted by molar-refractivity contribution is 6.19. The zero-order valence-electron chi connectivity index (χ0n) is 14.3. The molecule has 0 spiro atoms. The Labute approximate surface area is 128 Å². The lowest BCUT2D eigenvalue weighted by Crippen LogP contribution is -2.16. The maximum absolute atomic E-state index is 13.2. The number of nitrogens with one attached hydrogen (secondary N) is 1. The Balaban J connectivity index is 0.00000106. The highest BCUT2D eigenvalue weighted by atomic mass is 19.1. The number of nitrogens with zero attached hydrogens (tertiary/aromatic N) is 1. The molecule has 0 amide bonds. The first-order chi connectivity index (χ1) is 9.99. The molecule has 1 aliphatic heterocycles. The van der Waals surface area contributed by atoms with Crippen LogP contribution in [0.3, 0.4) is 0 Å². The number of H-pyrrole nitrogens is 1. The average Bonchev–Trinajstić information content (AvgIpc) is 2.93. The highest BCUT2D eigenvalue weighted by Crippen LogP contribution is 2.31. The number of halogens is 1. The van der Waals surface area contributed by atoms with E-state index >= 15 is 0 Å². The molecule has 21 heavy (non-hydrogen) atoms.